The molecule has 1 heterocycles. The van der Waals surface area contributed by atoms with Crippen molar-refractivity contribution in [2.24, 2.45) is 0 Å². The zero-order valence-corrected chi connectivity index (χ0v) is 11.5. The third-order valence-corrected chi connectivity index (χ3v) is 3.29. The fourth-order valence-corrected chi connectivity index (χ4v) is 2.23. The Kier molecular flexibility index (Phi) is 5.19. The highest BCUT2D eigenvalue weighted by Crippen LogP contribution is 2.08. The highest BCUT2D eigenvalue weighted by molar-refractivity contribution is 5.17. The summed E-state index contributed by atoms with van der Waals surface area (Å²) >= 11 is 0. The maximum absolute atomic E-state index is 9.00. The summed E-state index contributed by atoms with van der Waals surface area (Å²) < 4.78 is 2.21. The number of hydrogen-bond donors (Lipinski definition) is 1. The lowest BCUT2D eigenvalue weighted by Crippen LogP contribution is -2.25. The molecule has 0 fully saturated rings. The van der Waals surface area contributed by atoms with Gasteiger partial charge in [0.1, 0.15) is 0 Å². The van der Waals surface area contributed by atoms with Crippen LogP contribution in [0.5, 0.6) is 0 Å². The molecular weight excluding hydrogens is 236 g/mol. The normalized spacial score (nSPS) is 11.1. The molecule has 0 aliphatic heterocycles. The van der Waals surface area contributed by atoms with Gasteiger partial charge in [0, 0.05) is 32.0 Å². The average molecular weight is 258 g/mol. The van der Waals surface area contributed by atoms with Crippen molar-refractivity contribution in [2.45, 2.75) is 20.0 Å². The molecule has 0 bridgehead atoms. The molecule has 1 aromatic heterocycles. The van der Waals surface area contributed by atoms with Crippen LogP contribution < -0.4 is 0 Å². The summed E-state index contributed by atoms with van der Waals surface area (Å²) in [6.45, 7) is 5.85. The van der Waals surface area contributed by atoms with Crippen LogP contribution in [0.25, 0.3) is 0 Å². The van der Waals surface area contributed by atoms with Crippen LogP contribution in [0.1, 0.15) is 18.1 Å². The Hall–Kier alpha value is -1.58. The van der Waals surface area contributed by atoms with Crippen molar-refractivity contribution in [3.8, 4) is 0 Å². The van der Waals surface area contributed by atoms with Gasteiger partial charge in [-0.05, 0) is 23.7 Å². The number of aliphatic hydroxyl groups excluding tert-OH is 1. The topological polar surface area (TPSA) is 28.4 Å². The molecule has 2 aromatic rings. The van der Waals surface area contributed by atoms with Crippen molar-refractivity contribution >= 4 is 0 Å². The molecule has 0 spiro atoms. The van der Waals surface area contributed by atoms with Gasteiger partial charge in [0.25, 0.3) is 0 Å². The van der Waals surface area contributed by atoms with E-state index in [1.807, 2.05) is 6.07 Å². The van der Waals surface area contributed by atoms with Crippen LogP contribution in [0.2, 0.25) is 0 Å². The monoisotopic (exact) mass is 258 g/mol. The summed E-state index contributed by atoms with van der Waals surface area (Å²) in [7, 11) is 0. The van der Waals surface area contributed by atoms with Crippen LogP contribution in [0.3, 0.4) is 0 Å². The van der Waals surface area contributed by atoms with Gasteiger partial charge in [-0.25, -0.2) is 0 Å². The Morgan fingerprint density at radius 1 is 1.11 bits per heavy atom. The van der Waals surface area contributed by atoms with Gasteiger partial charge in [0.2, 0.25) is 0 Å². The van der Waals surface area contributed by atoms with Crippen LogP contribution in [0.4, 0.5) is 0 Å². The zero-order valence-electron chi connectivity index (χ0n) is 11.5. The van der Waals surface area contributed by atoms with E-state index in [4.69, 9.17) is 5.11 Å². The number of aromatic nitrogens is 1. The van der Waals surface area contributed by atoms with E-state index >= 15 is 0 Å². The molecule has 0 amide bonds. The average Bonchev–Trinajstić information content (AvgIpc) is 2.86. The van der Waals surface area contributed by atoms with Gasteiger partial charge in [-0.1, -0.05) is 37.3 Å². The Balaban J connectivity index is 1.95. The number of hydrogen-bond acceptors (Lipinski definition) is 2. The van der Waals surface area contributed by atoms with Gasteiger partial charge >= 0.3 is 0 Å². The molecule has 1 N–H and O–H groups in total. The van der Waals surface area contributed by atoms with Crippen LogP contribution in [-0.2, 0) is 13.1 Å². The highest BCUT2D eigenvalue weighted by atomic mass is 16.3. The third kappa shape index (κ3) is 4.23. The fourth-order valence-electron chi connectivity index (χ4n) is 2.23. The van der Waals surface area contributed by atoms with E-state index in [2.05, 4.69) is 59.1 Å². The number of aliphatic hydroxyl groups is 1. The Labute approximate surface area is 115 Å². The Bertz CT molecular complexity index is 479. The standard InChI is InChI=1S/C16H22N2O/c1-2-17(10-11-19)13-16-8-9-18(14-16)12-15-6-4-3-5-7-15/h3-9,14,19H,2,10-13H2,1H3. The predicted molar refractivity (Wildman–Crippen MR) is 78.0 cm³/mol. The van der Waals surface area contributed by atoms with Crippen LogP contribution in [-0.4, -0.2) is 34.3 Å². The molecule has 1 aromatic carbocycles. The van der Waals surface area contributed by atoms with Crippen LogP contribution in [0, 0.1) is 0 Å². The van der Waals surface area contributed by atoms with Gasteiger partial charge in [-0.2, -0.15) is 0 Å². The molecule has 0 aliphatic rings. The number of rotatable bonds is 7. The summed E-state index contributed by atoms with van der Waals surface area (Å²) in [6.07, 6.45) is 4.31. The summed E-state index contributed by atoms with van der Waals surface area (Å²) in [5.41, 5.74) is 2.61. The minimum atomic E-state index is 0.221. The first-order valence-corrected chi connectivity index (χ1v) is 6.83. The van der Waals surface area contributed by atoms with Crippen molar-refractivity contribution in [3.05, 3.63) is 59.9 Å². The molecule has 0 saturated heterocycles. The molecule has 0 saturated carbocycles. The van der Waals surface area contributed by atoms with E-state index in [1.54, 1.807) is 0 Å². The molecule has 102 valence electrons. The molecule has 0 atom stereocenters. The second-order valence-corrected chi connectivity index (χ2v) is 4.77. The summed E-state index contributed by atoms with van der Waals surface area (Å²) in [5.74, 6) is 0. The molecule has 2 rings (SSSR count). The van der Waals surface area contributed by atoms with Gasteiger partial charge in [-0.3, -0.25) is 4.90 Å². The minimum Gasteiger partial charge on any atom is -0.395 e. The van der Waals surface area contributed by atoms with Crippen molar-refractivity contribution in [3.63, 3.8) is 0 Å². The van der Waals surface area contributed by atoms with Crippen LogP contribution in [0.15, 0.2) is 48.8 Å². The first kappa shape index (κ1) is 13.8. The van der Waals surface area contributed by atoms with E-state index in [-0.39, 0.29) is 6.61 Å². The number of likely N-dealkylation sites (N-methyl/N-ethyl adjacent to an activating group) is 1. The summed E-state index contributed by atoms with van der Waals surface area (Å²) in [4.78, 5) is 2.24. The van der Waals surface area contributed by atoms with Crippen molar-refractivity contribution in [2.75, 3.05) is 19.7 Å². The van der Waals surface area contributed by atoms with Crippen molar-refractivity contribution in [1.29, 1.82) is 0 Å². The quantitative estimate of drug-likeness (QED) is 0.826. The Morgan fingerprint density at radius 2 is 1.89 bits per heavy atom. The maximum Gasteiger partial charge on any atom is 0.0558 e. The molecule has 0 aliphatic carbocycles. The molecule has 0 unspecified atom stereocenters. The SMILES string of the molecule is CCN(CCO)Cc1ccn(Cc2ccccc2)c1. The van der Waals surface area contributed by atoms with E-state index in [0.717, 1.165) is 26.2 Å². The molecule has 19 heavy (non-hydrogen) atoms. The molecule has 0 radical (unpaired) electrons. The van der Waals surface area contributed by atoms with E-state index in [0.29, 0.717) is 0 Å². The summed E-state index contributed by atoms with van der Waals surface area (Å²) in [6, 6.07) is 12.6. The smallest absolute Gasteiger partial charge is 0.0558 e. The van der Waals surface area contributed by atoms with Gasteiger partial charge in [-0.15, -0.1) is 0 Å². The van der Waals surface area contributed by atoms with Crippen LogP contribution >= 0.6 is 0 Å². The largest absolute Gasteiger partial charge is 0.395 e. The third-order valence-electron chi connectivity index (χ3n) is 3.29. The lowest BCUT2D eigenvalue weighted by Gasteiger charge is -2.17. The first-order chi connectivity index (χ1) is 9.31. The number of nitrogens with zero attached hydrogens (tertiary/aromatic N) is 2. The maximum atomic E-state index is 9.00. The lowest BCUT2D eigenvalue weighted by molar-refractivity contribution is 0.197. The van der Waals surface area contributed by atoms with Gasteiger partial charge < -0.3 is 9.67 Å². The first-order valence-electron chi connectivity index (χ1n) is 6.83. The zero-order chi connectivity index (χ0) is 13.5. The number of benzene rings is 1. The van der Waals surface area contributed by atoms with Crippen molar-refractivity contribution < 1.29 is 5.11 Å². The lowest BCUT2D eigenvalue weighted by atomic mass is 10.2. The second-order valence-electron chi connectivity index (χ2n) is 4.77. The highest BCUT2D eigenvalue weighted by Gasteiger charge is 2.04. The fraction of sp³-hybridized carbons (Fsp3) is 0.375. The Morgan fingerprint density at radius 3 is 2.58 bits per heavy atom. The minimum absolute atomic E-state index is 0.221. The van der Waals surface area contributed by atoms with Crippen molar-refractivity contribution in [1.82, 2.24) is 9.47 Å². The summed E-state index contributed by atoms with van der Waals surface area (Å²) in [5, 5.41) is 9.00. The van der Waals surface area contributed by atoms with E-state index in [1.165, 1.54) is 11.1 Å². The molecular formula is C16H22N2O. The van der Waals surface area contributed by atoms with E-state index in [9.17, 15) is 0 Å². The van der Waals surface area contributed by atoms with Gasteiger partial charge in [0.05, 0.1) is 6.61 Å². The van der Waals surface area contributed by atoms with Gasteiger partial charge in [0.15, 0.2) is 0 Å². The predicted octanol–water partition coefficient (Wildman–Crippen LogP) is 2.35. The molecule has 3 nitrogen and oxygen atoms in total. The second kappa shape index (κ2) is 7.12. The van der Waals surface area contributed by atoms with E-state index < -0.39 is 0 Å². The molecule has 3 heteroatoms.